The second kappa shape index (κ2) is 8.40. The lowest BCUT2D eigenvalue weighted by atomic mass is 9.87. The molecule has 0 bridgehead atoms. The summed E-state index contributed by atoms with van der Waals surface area (Å²) >= 11 is 0. The van der Waals surface area contributed by atoms with Gasteiger partial charge in [-0.15, -0.1) is 0 Å². The van der Waals surface area contributed by atoms with E-state index in [9.17, 15) is 4.79 Å². The number of hydrogen-bond acceptors (Lipinski definition) is 4. The molecule has 1 unspecified atom stereocenters. The summed E-state index contributed by atoms with van der Waals surface area (Å²) < 4.78 is 10.7. The number of likely N-dealkylation sites (tertiary alicyclic amines) is 1. The molecule has 1 spiro atoms. The maximum Gasteiger partial charge on any atom is 0.251 e. The van der Waals surface area contributed by atoms with Gasteiger partial charge in [0.15, 0.2) is 5.96 Å². The first-order valence-corrected chi connectivity index (χ1v) is 9.11. The van der Waals surface area contributed by atoms with Crippen molar-refractivity contribution in [1.82, 2.24) is 15.5 Å². The third-order valence-electron chi connectivity index (χ3n) is 5.16. The van der Waals surface area contributed by atoms with Crippen LogP contribution >= 0.6 is 0 Å². The fraction of sp³-hybridized carbons (Fsp3) is 0.579. The number of ether oxygens (including phenoxy) is 2. The lowest BCUT2D eigenvalue weighted by molar-refractivity contribution is 0.0954. The molecule has 0 aliphatic carbocycles. The summed E-state index contributed by atoms with van der Waals surface area (Å²) in [6, 6.07) is 7.14. The van der Waals surface area contributed by atoms with Crippen molar-refractivity contribution in [1.29, 1.82) is 0 Å². The van der Waals surface area contributed by atoms with E-state index in [4.69, 9.17) is 9.47 Å². The average molecular weight is 360 g/mol. The molecule has 0 saturated carbocycles. The molecule has 3 rings (SSSR count). The standard InChI is InChI=1S/C19H28N4O3/c1-20-18(23-10-6-19(13-23)7-11-26-14-19)22-9-8-21-17(24)15-4-3-5-16(12-15)25-2/h3-5,12H,6-11,13-14H2,1-2H3,(H,20,22)(H,21,24). The van der Waals surface area contributed by atoms with Gasteiger partial charge in [0.25, 0.3) is 5.91 Å². The zero-order valence-corrected chi connectivity index (χ0v) is 15.6. The Hall–Kier alpha value is -2.28. The summed E-state index contributed by atoms with van der Waals surface area (Å²) in [5.41, 5.74) is 0.898. The zero-order valence-electron chi connectivity index (χ0n) is 15.6. The second-order valence-electron chi connectivity index (χ2n) is 6.94. The number of carbonyl (C=O) groups is 1. The molecule has 1 atom stereocenters. The molecule has 26 heavy (non-hydrogen) atoms. The predicted octanol–water partition coefficient (Wildman–Crippen LogP) is 1.11. The number of methoxy groups -OCH3 is 1. The Morgan fingerprint density at radius 3 is 2.92 bits per heavy atom. The van der Waals surface area contributed by atoms with Gasteiger partial charge in [0.05, 0.1) is 13.7 Å². The van der Waals surface area contributed by atoms with E-state index in [0.29, 0.717) is 29.8 Å². The summed E-state index contributed by atoms with van der Waals surface area (Å²) in [4.78, 5) is 18.9. The van der Waals surface area contributed by atoms with Crippen LogP contribution in [0.15, 0.2) is 29.3 Å². The first-order chi connectivity index (χ1) is 12.7. The Labute approximate surface area is 154 Å². The molecule has 142 valence electrons. The minimum atomic E-state index is -0.107. The van der Waals surface area contributed by atoms with E-state index >= 15 is 0 Å². The van der Waals surface area contributed by atoms with Crippen LogP contribution in [-0.4, -0.2) is 70.3 Å². The summed E-state index contributed by atoms with van der Waals surface area (Å²) in [7, 11) is 3.39. The minimum absolute atomic E-state index is 0.107. The van der Waals surface area contributed by atoms with Gasteiger partial charge in [-0.1, -0.05) is 6.07 Å². The van der Waals surface area contributed by atoms with Gasteiger partial charge >= 0.3 is 0 Å². The van der Waals surface area contributed by atoms with Crippen molar-refractivity contribution in [3.8, 4) is 5.75 Å². The van der Waals surface area contributed by atoms with Crippen LogP contribution in [0.5, 0.6) is 5.75 Å². The van der Waals surface area contributed by atoms with Crippen molar-refractivity contribution < 1.29 is 14.3 Å². The number of aliphatic imine (C=N–C) groups is 1. The van der Waals surface area contributed by atoms with E-state index < -0.39 is 0 Å². The Balaban J connectivity index is 1.43. The van der Waals surface area contributed by atoms with Crippen molar-refractivity contribution >= 4 is 11.9 Å². The molecule has 2 N–H and O–H groups in total. The third kappa shape index (κ3) is 4.27. The minimum Gasteiger partial charge on any atom is -0.497 e. The van der Waals surface area contributed by atoms with Crippen molar-refractivity contribution in [2.45, 2.75) is 12.8 Å². The van der Waals surface area contributed by atoms with Crippen molar-refractivity contribution in [3.63, 3.8) is 0 Å². The second-order valence-corrected chi connectivity index (χ2v) is 6.94. The van der Waals surface area contributed by atoms with Crippen LogP contribution in [0.3, 0.4) is 0 Å². The van der Waals surface area contributed by atoms with Crippen LogP contribution < -0.4 is 15.4 Å². The fourth-order valence-electron chi connectivity index (χ4n) is 3.64. The summed E-state index contributed by atoms with van der Waals surface area (Å²) in [5.74, 6) is 1.46. The van der Waals surface area contributed by atoms with Gasteiger partial charge in [-0.3, -0.25) is 9.79 Å². The monoisotopic (exact) mass is 360 g/mol. The van der Waals surface area contributed by atoms with Crippen molar-refractivity contribution in [2.24, 2.45) is 10.4 Å². The Bertz CT molecular complexity index is 656. The van der Waals surface area contributed by atoms with Crippen LogP contribution in [0.1, 0.15) is 23.2 Å². The lowest BCUT2D eigenvalue weighted by Gasteiger charge is -2.25. The quantitative estimate of drug-likeness (QED) is 0.467. The van der Waals surface area contributed by atoms with Gasteiger partial charge in [0.1, 0.15) is 5.75 Å². The number of amides is 1. The van der Waals surface area contributed by atoms with Gasteiger partial charge in [-0.2, -0.15) is 0 Å². The highest BCUT2D eigenvalue weighted by Gasteiger charge is 2.42. The molecular formula is C19H28N4O3. The molecule has 7 nitrogen and oxygen atoms in total. The normalized spacial score (nSPS) is 22.7. The molecule has 1 amide bonds. The van der Waals surface area contributed by atoms with Crippen LogP contribution in [0.4, 0.5) is 0 Å². The van der Waals surface area contributed by atoms with Gasteiger partial charge < -0.3 is 25.0 Å². The number of carbonyl (C=O) groups excluding carboxylic acids is 1. The molecule has 2 fully saturated rings. The molecule has 7 heteroatoms. The van der Waals surface area contributed by atoms with Gasteiger partial charge in [0, 0.05) is 50.8 Å². The summed E-state index contributed by atoms with van der Waals surface area (Å²) in [5, 5.41) is 6.26. The number of nitrogens with one attached hydrogen (secondary N) is 2. The Morgan fingerprint density at radius 1 is 1.35 bits per heavy atom. The average Bonchev–Trinajstić information content (AvgIpc) is 3.31. The topological polar surface area (TPSA) is 75.2 Å². The van der Waals surface area contributed by atoms with Gasteiger partial charge in [-0.05, 0) is 31.0 Å². The molecular weight excluding hydrogens is 332 g/mol. The maximum absolute atomic E-state index is 12.2. The Kier molecular flexibility index (Phi) is 5.98. The fourth-order valence-corrected chi connectivity index (χ4v) is 3.64. The lowest BCUT2D eigenvalue weighted by Crippen LogP contribution is -2.44. The smallest absolute Gasteiger partial charge is 0.251 e. The number of benzene rings is 1. The molecule has 1 aromatic rings. The first kappa shape index (κ1) is 18.5. The van der Waals surface area contributed by atoms with Crippen LogP contribution in [0.2, 0.25) is 0 Å². The highest BCUT2D eigenvalue weighted by Crippen LogP contribution is 2.38. The number of hydrogen-bond donors (Lipinski definition) is 2. The summed E-state index contributed by atoms with van der Waals surface area (Å²) in [6.07, 6.45) is 2.29. The molecule has 1 aromatic carbocycles. The van der Waals surface area contributed by atoms with E-state index in [0.717, 1.165) is 45.1 Å². The van der Waals surface area contributed by atoms with Crippen LogP contribution in [-0.2, 0) is 4.74 Å². The van der Waals surface area contributed by atoms with Crippen molar-refractivity contribution in [2.75, 3.05) is 53.6 Å². The molecule has 2 aliphatic rings. The van der Waals surface area contributed by atoms with E-state index in [1.54, 1.807) is 26.3 Å². The van der Waals surface area contributed by atoms with Crippen LogP contribution in [0.25, 0.3) is 0 Å². The number of guanidine groups is 1. The maximum atomic E-state index is 12.2. The number of nitrogens with zero attached hydrogens (tertiary/aromatic N) is 2. The van der Waals surface area contributed by atoms with E-state index in [-0.39, 0.29) is 5.91 Å². The summed E-state index contributed by atoms with van der Waals surface area (Å²) in [6.45, 7) is 4.87. The Morgan fingerprint density at radius 2 is 2.19 bits per heavy atom. The molecule has 2 heterocycles. The van der Waals surface area contributed by atoms with E-state index in [1.807, 2.05) is 12.1 Å². The van der Waals surface area contributed by atoms with Gasteiger partial charge in [-0.25, -0.2) is 0 Å². The molecule has 0 aromatic heterocycles. The van der Waals surface area contributed by atoms with Gasteiger partial charge in [0.2, 0.25) is 0 Å². The molecule has 0 radical (unpaired) electrons. The predicted molar refractivity (Wildman–Crippen MR) is 101 cm³/mol. The first-order valence-electron chi connectivity index (χ1n) is 9.11. The zero-order chi connectivity index (χ0) is 18.4. The third-order valence-corrected chi connectivity index (χ3v) is 5.16. The molecule has 2 saturated heterocycles. The SMILES string of the molecule is CN=C(NCCNC(=O)c1cccc(OC)c1)N1CCC2(CCOC2)C1. The number of rotatable bonds is 5. The molecule has 2 aliphatic heterocycles. The largest absolute Gasteiger partial charge is 0.497 e. The van der Waals surface area contributed by atoms with E-state index in [2.05, 4.69) is 20.5 Å². The highest BCUT2D eigenvalue weighted by molar-refractivity contribution is 5.94. The van der Waals surface area contributed by atoms with E-state index in [1.165, 1.54) is 0 Å². The van der Waals surface area contributed by atoms with Crippen LogP contribution in [0, 0.1) is 5.41 Å². The highest BCUT2D eigenvalue weighted by atomic mass is 16.5. The van der Waals surface area contributed by atoms with Crippen molar-refractivity contribution in [3.05, 3.63) is 29.8 Å².